The van der Waals surface area contributed by atoms with E-state index in [-0.39, 0.29) is 12.1 Å². The monoisotopic (exact) mass is 306 g/mol. The van der Waals surface area contributed by atoms with Crippen molar-refractivity contribution in [1.82, 2.24) is 4.90 Å². The molecule has 3 N–H and O–H groups in total. The maximum absolute atomic E-state index is 9.03. The normalized spacial score (nSPS) is 12.4. The van der Waals surface area contributed by atoms with E-state index in [1.54, 1.807) is 11.3 Å². The molecule has 1 aromatic rings. The number of hydrogen-bond donors (Lipinski definition) is 2. The number of nitrogens with two attached hydrogens (primary N) is 1. The summed E-state index contributed by atoms with van der Waals surface area (Å²) in [5, 5.41) is 9.03. The molecule has 0 atom stereocenters. The fraction of sp³-hybridized carbons (Fsp3) is 0.636. The molecule has 5 heteroatoms. The Bertz CT molecular complexity index is 322. The lowest BCUT2D eigenvalue weighted by molar-refractivity contribution is 0.167. The van der Waals surface area contributed by atoms with Gasteiger partial charge in [0.2, 0.25) is 0 Å². The molecule has 0 bridgehead atoms. The molecule has 16 heavy (non-hydrogen) atoms. The number of rotatable bonds is 6. The standard InChI is InChI=1S/C11H19BrN2OS/c1-11(2,13)8-14(5-6-15)7-9-3-4-10(12)16-9/h3-4,15H,5-8,13H2,1-2H3. The minimum Gasteiger partial charge on any atom is -0.395 e. The van der Waals surface area contributed by atoms with E-state index in [2.05, 4.69) is 26.9 Å². The van der Waals surface area contributed by atoms with Crippen LogP contribution in [0.1, 0.15) is 18.7 Å². The molecule has 0 radical (unpaired) electrons. The minimum atomic E-state index is -0.232. The van der Waals surface area contributed by atoms with Crippen molar-refractivity contribution in [1.29, 1.82) is 0 Å². The van der Waals surface area contributed by atoms with Crippen LogP contribution in [0.4, 0.5) is 0 Å². The third kappa shape index (κ3) is 5.41. The summed E-state index contributed by atoms with van der Waals surface area (Å²) in [5.41, 5.74) is 5.76. The Labute approximate surface area is 109 Å². The van der Waals surface area contributed by atoms with Crippen LogP contribution in [0, 0.1) is 0 Å². The highest BCUT2D eigenvalue weighted by Crippen LogP contribution is 2.23. The molecule has 92 valence electrons. The summed E-state index contributed by atoms with van der Waals surface area (Å²) in [6.07, 6.45) is 0. The van der Waals surface area contributed by atoms with Gasteiger partial charge in [-0.15, -0.1) is 11.3 Å². The predicted molar refractivity (Wildman–Crippen MR) is 72.6 cm³/mol. The van der Waals surface area contributed by atoms with Crippen LogP contribution >= 0.6 is 27.3 Å². The van der Waals surface area contributed by atoms with Gasteiger partial charge in [0.15, 0.2) is 0 Å². The molecule has 0 fully saturated rings. The second-order valence-corrected chi connectivity index (χ2v) is 7.18. The first-order valence-electron chi connectivity index (χ1n) is 5.27. The Hall–Kier alpha value is 0.0600. The molecular weight excluding hydrogens is 288 g/mol. The number of thiophene rings is 1. The van der Waals surface area contributed by atoms with Crippen LogP contribution in [-0.2, 0) is 6.54 Å². The number of halogens is 1. The SMILES string of the molecule is CC(C)(N)CN(CCO)Cc1ccc(Br)s1. The topological polar surface area (TPSA) is 49.5 Å². The lowest BCUT2D eigenvalue weighted by atomic mass is 10.1. The van der Waals surface area contributed by atoms with Crippen LogP contribution in [0.3, 0.4) is 0 Å². The largest absolute Gasteiger partial charge is 0.395 e. The smallest absolute Gasteiger partial charge is 0.0701 e. The first kappa shape index (κ1) is 14.1. The van der Waals surface area contributed by atoms with Gasteiger partial charge < -0.3 is 10.8 Å². The zero-order valence-electron chi connectivity index (χ0n) is 9.74. The highest BCUT2D eigenvalue weighted by molar-refractivity contribution is 9.11. The first-order valence-corrected chi connectivity index (χ1v) is 6.88. The maximum Gasteiger partial charge on any atom is 0.0701 e. The lowest BCUT2D eigenvalue weighted by Crippen LogP contribution is -2.45. The Kier molecular flexibility index (Phi) is 5.40. The van der Waals surface area contributed by atoms with Gasteiger partial charge in [0, 0.05) is 30.1 Å². The van der Waals surface area contributed by atoms with E-state index in [0.717, 1.165) is 16.9 Å². The molecule has 0 aromatic carbocycles. The number of hydrogen-bond acceptors (Lipinski definition) is 4. The number of aliphatic hydroxyl groups is 1. The Morgan fingerprint density at radius 2 is 2.19 bits per heavy atom. The van der Waals surface area contributed by atoms with Crippen LogP contribution in [0.15, 0.2) is 15.9 Å². The van der Waals surface area contributed by atoms with Crippen molar-refractivity contribution in [2.75, 3.05) is 19.7 Å². The van der Waals surface area contributed by atoms with Gasteiger partial charge in [-0.3, -0.25) is 4.90 Å². The molecule has 0 unspecified atom stereocenters. The van der Waals surface area contributed by atoms with E-state index in [0.29, 0.717) is 6.54 Å². The van der Waals surface area contributed by atoms with E-state index in [1.807, 2.05) is 19.9 Å². The minimum absolute atomic E-state index is 0.169. The van der Waals surface area contributed by atoms with Gasteiger partial charge in [-0.05, 0) is 41.9 Å². The number of aliphatic hydroxyl groups excluding tert-OH is 1. The molecule has 0 saturated heterocycles. The molecule has 0 amide bonds. The van der Waals surface area contributed by atoms with Gasteiger partial charge in [-0.25, -0.2) is 0 Å². The van der Waals surface area contributed by atoms with Crippen molar-refractivity contribution in [3.8, 4) is 0 Å². The van der Waals surface area contributed by atoms with E-state index < -0.39 is 0 Å². The van der Waals surface area contributed by atoms with Crippen molar-refractivity contribution >= 4 is 27.3 Å². The lowest BCUT2D eigenvalue weighted by Gasteiger charge is -2.28. The molecule has 0 aliphatic rings. The molecule has 1 rings (SSSR count). The average Bonchev–Trinajstić information content (AvgIpc) is 2.48. The van der Waals surface area contributed by atoms with Crippen LogP contribution < -0.4 is 5.73 Å². The molecular formula is C11H19BrN2OS. The summed E-state index contributed by atoms with van der Waals surface area (Å²) in [6, 6.07) is 4.15. The summed E-state index contributed by atoms with van der Waals surface area (Å²) < 4.78 is 1.14. The fourth-order valence-corrected chi connectivity index (χ4v) is 3.11. The van der Waals surface area contributed by atoms with Crippen LogP contribution in [0.25, 0.3) is 0 Å². The van der Waals surface area contributed by atoms with E-state index in [9.17, 15) is 0 Å². The van der Waals surface area contributed by atoms with E-state index in [4.69, 9.17) is 10.8 Å². The Morgan fingerprint density at radius 1 is 1.50 bits per heavy atom. The second-order valence-electron chi connectivity index (χ2n) is 4.63. The van der Waals surface area contributed by atoms with Gasteiger partial charge in [0.05, 0.1) is 10.4 Å². The zero-order valence-corrected chi connectivity index (χ0v) is 12.1. The highest BCUT2D eigenvalue weighted by Gasteiger charge is 2.17. The van der Waals surface area contributed by atoms with Gasteiger partial charge in [0.1, 0.15) is 0 Å². The fourth-order valence-electron chi connectivity index (χ4n) is 1.59. The van der Waals surface area contributed by atoms with Gasteiger partial charge in [0.25, 0.3) is 0 Å². The van der Waals surface area contributed by atoms with Crippen molar-refractivity contribution < 1.29 is 5.11 Å². The Balaban J connectivity index is 2.57. The molecule has 0 spiro atoms. The molecule has 0 aliphatic carbocycles. The molecule has 1 aromatic heterocycles. The van der Waals surface area contributed by atoms with Crippen LogP contribution in [-0.4, -0.2) is 35.2 Å². The van der Waals surface area contributed by atoms with Crippen molar-refractivity contribution in [2.24, 2.45) is 5.73 Å². The summed E-state index contributed by atoms with van der Waals surface area (Å²) in [7, 11) is 0. The summed E-state index contributed by atoms with van der Waals surface area (Å²) in [6.45, 7) is 6.46. The number of nitrogens with zero attached hydrogens (tertiary/aromatic N) is 1. The van der Waals surface area contributed by atoms with Crippen molar-refractivity contribution in [3.63, 3.8) is 0 Å². The summed E-state index contributed by atoms with van der Waals surface area (Å²) in [5.74, 6) is 0. The molecule has 3 nitrogen and oxygen atoms in total. The third-order valence-electron chi connectivity index (χ3n) is 2.06. The molecule has 0 saturated carbocycles. The summed E-state index contributed by atoms with van der Waals surface area (Å²) >= 11 is 5.17. The molecule has 0 aliphatic heterocycles. The van der Waals surface area contributed by atoms with Crippen LogP contribution in [0.2, 0.25) is 0 Å². The van der Waals surface area contributed by atoms with Crippen molar-refractivity contribution in [3.05, 3.63) is 20.8 Å². The van der Waals surface area contributed by atoms with Gasteiger partial charge >= 0.3 is 0 Å². The van der Waals surface area contributed by atoms with Gasteiger partial charge in [-0.1, -0.05) is 0 Å². The van der Waals surface area contributed by atoms with Gasteiger partial charge in [-0.2, -0.15) is 0 Å². The maximum atomic E-state index is 9.03. The predicted octanol–water partition coefficient (Wildman–Crippen LogP) is 2.04. The highest BCUT2D eigenvalue weighted by atomic mass is 79.9. The first-order chi connectivity index (χ1) is 7.40. The summed E-state index contributed by atoms with van der Waals surface area (Å²) in [4.78, 5) is 3.46. The third-order valence-corrected chi connectivity index (χ3v) is 3.66. The van der Waals surface area contributed by atoms with Crippen molar-refractivity contribution in [2.45, 2.75) is 25.9 Å². The van der Waals surface area contributed by atoms with E-state index in [1.165, 1.54) is 4.88 Å². The second kappa shape index (κ2) is 6.12. The Morgan fingerprint density at radius 3 is 2.62 bits per heavy atom. The average molecular weight is 307 g/mol. The van der Waals surface area contributed by atoms with E-state index >= 15 is 0 Å². The van der Waals surface area contributed by atoms with Crippen LogP contribution in [0.5, 0.6) is 0 Å². The zero-order chi connectivity index (χ0) is 12.2. The molecule has 1 heterocycles. The quantitative estimate of drug-likeness (QED) is 0.845.